The lowest BCUT2D eigenvalue weighted by atomic mass is 9.86. The van der Waals surface area contributed by atoms with Crippen molar-refractivity contribution in [3.63, 3.8) is 0 Å². The van der Waals surface area contributed by atoms with E-state index in [9.17, 15) is 9.59 Å². The van der Waals surface area contributed by atoms with Crippen molar-refractivity contribution in [2.75, 3.05) is 20.3 Å². The average molecular weight is 385 g/mol. The van der Waals surface area contributed by atoms with Crippen LogP contribution in [-0.2, 0) is 26.3 Å². The number of benzene rings is 2. The van der Waals surface area contributed by atoms with Crippen molar-refractivity contribution in [2.45, 2.75) is 32.7 Å². The molecular weight excluding hydrogens is 358 g/mol. The average Bonchev–Trinajstić information content (AvgIpc) is 2.69. The Hall–Kier alpha value is -3.02. The van der Waals surface area contributed by atoms with Crippen molar-refractivity contribution >= 4 is 11.9 Å². The van der Waals surface area contributed by atoms with Gasteiger partial charge in [-0.25, -0.2) is 4.79 Å². The van der Waals surface area contributed by atoms with Crippen LogP contribution in [0, 0.1) is 0 Å². The molecule has 6 heteroatoms. The molecule has 2 aromatic rings. The molecule has 0 heterocycles. The van der Waals surface area contributed by atoms with Gasteiger partial charge in [0.05, 0.1) is 7.11 Å². The quantitative estimate of drug-likeness (QED) is 0.706. The second-order valence-electron chi connectivity index (χ2n) is 7.32. The second kappa shape index (κ2) is 9.78. The van der Waals surface area contributed by atoms with Crippen LogP contribution in [0.5, 0.6) is 11.5 Å². The van der Waals surface area contributed by atoms with Gasteiger partial charge in [-0.1, -0.05) is 51.1 Å². The number of carbonyl (C=O) groups is 2. The maximum Gasteiger partial charge on any atom is 0.344 e. The third kappa shape index (κ3) is 6.61. The van der Waals surface area contributed by atoms with Crippen molar-refractivity contribution < 1.29 is 23.8 Å². The van der Waals surface area contributed by atoms with Gasteiger partial charge in [0.25, 0.3) is 5.91 Å². The zero-order chi connectivity index (χ0) is 20.6. The molecule has 0 aromatic heterocycles. The fraction of sp³-hybridized carbons (Fsp3) is 0.364. The minimum absolute atomic E-state index is 0.109. The number of hydrogen-bond acceptors (Lipinski definition) is 5. The number of methoxy groups -OCH3 is 1. The van der Waals surface area contributed by atoms with Crippen LogP contribution in [0.3, 0.4) is 0 Å². The lowest BCUT2D eigenvalue weighted by Crippen LogP contribution is -2.29. The Kier molecular flexibility index (Phi) is 7.44. The zero-order valence-corrected chi connectivity index (χ0v) is 16.8. The van der Waals surface area contributed by atoms with E-state index in [4.69, 9.17) is 14.2 Å². The molecule has 0 atom stereocenters. The molecule has 0 unspecified atom stereocenters. The van der Waals surface area contributed by atoms with E-state index in [2.05, 4.69) is 26.1 Å². The molecule has 0 aliphatic rings. The highest BCUT2D eigenvalue weighted by atomic mass is 16.6. The third-order valence-electron chi connectivity index (χ3n) is 4.05. The van der Waals surface area contributed by atoms with Crippen LogP contribution >= 0.6 is 0 Å². The van der Waals surface area contributed by atoms with Crippen molar-refractivity contribution in [3.8, 4) is 11.5 Å². The van der Waals surface area contributed by atoms with Gasteiger partial charge in [0.15, 0.2) is 13.2 Å². The van der Waals surface area contributed by atoms with Crippen LogP contribution in [0.15, 0.2) is 48.5 Å². The standard InChI is InChI=1S/C22H27NO5/c1-22(2,3)18-7-5-6-8-19(18)27-15-21(25)28-14-20(24)23-13-16-9-11-17(26-4)12-10-16/h5-12H,13-15H2,1-4H3,(H,23,24). The SMILES string of the molecule is COc1ccc(CNC(=O)COC(=O)COc2ccccc2C(C)(C)C)cc1. The number of rotatable bonds is 8. The van der Waals surface area contributed by atoms with E-state index in [0.29, 0.717) is 12.3 Å². The Morgan fingerprint density at radius 3 is 2.29 bits per heavy atom. The molecule has 6 nitrogen and oxygen atoms in total. The predicted octanol–water partition coefficient (Wildman–Crippen LogP) is 3.23. The second-order valence-corrected chi connectivity index (χ2v) is 7.32. The summed E-state index contributed by atoms with van der Waals surface area (Å²) < 4.78 is 15.7. The van der Waals surface area contributed by atoms with Crippen LogP contribution in [0.25, 0.3) is 0 Å². The van der Waals surface area contributed by atoms with Gasteiger partial charge in [0.2, 0.25) is 0 Å². The monoisotopic (exact) mass is 385 g/mol. The Balaban J connectivity index is 1.74. The van der Waals surface area contributed by atoms with Gasteiger partial charge in [0, 0.05) is 6.54 Å². The number of hydrogen-bond donors (Lipinski definition) is 1. The summed E-state index contributed by atoms with van der Waals surface area (Å²) >= 11 is 0. The van der Waals surface area contributed by atoms with Gasteiger partial charge >= 0.3 is 5.97 Å². The largest absolute Gasteiger partial charge is 0.497 e. The molecule has 0 saturated carbocycles. The molecule has 1 N–H and O–H groups in total. The van der Waals surface area contributed by atoms with Gasteiger partial charge in [-0.3, -0.25) is 4.79 Å². The van der Waals surface area contributed by atoms with Gasteiger partial charge in [-0.15, -0.1) is 0 Å². The van der Waals surface area contributed by atoms with Crippen LogP contribution < -0.4 is 14.8 Å². The molecule has 0 fully saturated rings. The number of nitrogens with one attached hydrogen (secondary N) is 1. The molecule has 0 aliphatic carbocycles. The number of carbonyl (C=O) groups excluding carboxylic acids is 2. The van der Waals surface area contributed by atoms with Crippen molar-refractivity contribution in [1.82, 2.24) is 5.32 Å². The number of para-hydroxylation sites is 1. The molecule has 0 aliphatic heterocycles. The number of esters is 1. The normalized spacial score (nSPS) is 10.9. The summed E-state index contributed by atoms with van der Waals surface area (Å²) in [5.41, 5.74) is 1.81. The summed E-state index contributed by atoms with van der Waals surface area (Å²) in [4.78, 5) is 23.7. The van der Waals surface area contributed by atoms with Crippen LogP contribution in [-0.4, -0.2) is 32.2 Å². The fourth-order valence-corrected chi connectivity index (χ4v) is 2.53. The molecule has 150 valence electrons. The summed E-state index contributed by atoms with van der Waals surface area (Å²) in [5.74, 6) is 0.413. The first-order valence-electron chi connectivity index (χ1n) is 9.07. The van der Waals surface area contributed by atoms with Crippen LogP contribution in [0.1, 0.15) is 31.9 Å². The third-order valence-corrected chi connectivity index (χ3v) is 4.05. The van der Waals surface area contributed by atoms with E-state index in [1.165, 1.54) is 0 Å². The molecule has 0 bridgehead atoms. The Morgan fingerprint density at radius 2 is 1.64 bits per heavy atom. The number of amides is 1. The highest BCUT2D eigenvalue weighted by molar-refractivity contribution is 5.80. The van der Waals surface area contributed by atoms with Crippen molar-refractivity contribution in [1.29, 1.82) is 0 Å². The highest BCUT2D eigenvalue weighted by Gasteiger charge is 2.19. The first-order chi connectivity index (χ1) is 13.3. The lowest BCUT2D eigenvalue weighted by molar-refractivity contribution is -0.150. The summed E-state index contributed by atoms with van der Waals surface area (Å²) in [6.45, 7) is 5.95. The Bertz CT molecular complexity index is 793. The van der Waals surface area contributed by atoms with E-state index in [-0.39, 0.29) is 24.5 Å². The van der Waals surface area contributed by atoms with Crippen LogP contribution in [0.4, 0.5) is 0 Å². The molecule has 0 radical (unpaired) electrons. The first-order valence-corrected chi connectivity index (χ1v) is 9.07. The van der Waals surface area contributed by atoms with Gasteiger partial charge in [0.1, 0.15) is 11.5 Å². The van der Waals surface area contributed by atoms with E-state index >= 15 is 0 Å². The minimum atomic E-state index is -0.594. The Morgan fingerprint density at radius 1 is 0.964 bits per heavy atom. The lowest BCUT2D eigenvalue weighted by Gasteiger charge is -2.22. The van der Waals surface area contributed by atoms with Gasteiger partial charge in [-0.05, 0) is 34.7 Å². The summed E-state index contributed by atoms with van der Waals surface area (Å²) in [6.07, 6.45) is 0. The molecular formula is C22H27NO5. The van der Waals surface area contributed by atoms with E-state index in [1.54, 1.807) is 7.11 Å². The van der Waals surface area contributed by atoms with E-state index in [0.717, 1.165) is 16.9 Å². The topological polar surface area (TPSA) is 73.9 Å². The molecule has 0 spiro atoms. The first kappa shape index (κ1) is 21.3. The smallest absolute Gasteiger partial charge is 0.344 e. The maximum absolute atomic E-state index is 11.9. The van der Waals surface area contributed by atoms with Crippen molar-refractivity contribution in [2.24, 2.45) is 0 Å². The maximum atomic E-state index is 11.9. The molecule has 28 heavy (non-hydrogen) atoms. The zero-order valence-electron chi connectivity index (χ0n) is 16.8. The van der Waals surface area contributed by atoms with Gasteiger partial charge in [-0.2, -0.15) is 0 Å². The number of ether oxygens (including phenoxy) is 3. The summed E-state index contributed by atoms with van der Waals surface area (Å²) in [7, 11) is 1.59. The Labute approximate surface area is 165 Å². The molecule has 2 aromatic carbocycles. The van der Waals surface area contributed by atoms with E-state index < -0.39 is 5.97 Å². The van der Waals surface area contributed by atoms with Gasteiger partial charge < -0.3 is 19.5 Å². The summed E-state index contributed by atoms with van der Waals surface area (Å²) in [6, 6.07) is 14.9. The highest BCUT2D eigenvalue weighted by Crippen LogP contribution is 2.30. The fourth-order valence-electron chi connectivity index (χ4n) is 2.53. The van der Waals surface area contributed by atoms with Crippen molar-refractivity contribution in [3.05, 3.63) is 59.7 Å². The summed E-state index contributed by atoms with van der Waals surface area (Å²) in [5, 5.41) is 2.70. The molecule has 2 rings (SSSR count). The van der Waals surface area contributed by atoms with E-state index in [1.807, 2.05) is 48.5 Å². The minimum Gasteiger partial charge on any atom is -0.497 e. The predicted molar refractivity (Wildman–Crippen MR) is 106 cm³/mol. The molecule has 1 amide bonds. The van der Waals surface area contributed by atoms with Crippen LogP contribution in [0.2, 0.25) is 0 Å². The molecule has 0 saturated heterocycles.